The minimum atomic E-state index is -1.19. The zero-order valence-electron chi connectivity index (χ0n) is 27.4. The molecule has 230 valence electrons. The highest BCUT2D eigenvalue weighted by Gasteiger charge is 2.57. The molecule has 2 atom stereocenters. The number of benzene rings is 3. The highest BCUT2D eigenvalue weighted by molar-refractivity contribution is 5.85. The lowest BCUT2D eigenvalue weighted by molar-refractivity contribution is -0.169. The fourth-order valence-corrected chi connectivity index (χ4v) is 5.91. The second kappa shape index (κ2) is 11.4. The van der Waals surface area contributed by atoms with E-state index in [0.717, 1.165) is 38.4 Å². The quantitative estimate of drug-likeness (QED) is 0.326. The number of rotatable bonds is 5. The first kappa shape index (κ1) is 32.1. The normalized spacial score (nSPS) is 18.4. The standard InChI is InChI=1S/C37H47NO5/c1-24-16-18-25(19-17-24)22-37(23-38(43-32(37)40)33(41)42-36(8,9)10)30(26-14-12-11-13-15-26)27-20-28(34(2,3)4)31(39)29(21-27)35(5,6)7/h11-21,30,39H,22-23H2,1-10H3/t30-,37+/m0/s1. The number of hydrogen-bond acceptors (Lipinski definition) is 5. The Morgan fingerprint density at radius 2 is 1.42 bits per heavy atom. The average Bonchev–Trinajstić information content (AvgIpc) is 3.21. The summed E-state index contributed by atoms with van der Waals surface area (Å²) >= 11 is 0. The maximum absolute atomic E-state index is 14.3. The second-order valence-electron chi connectivity index (χ2n) is 15.0. The Labute approximate surface area is 257 Å². The van der Waals surface area contributed by atoms with Gasteiger partial charge in [-0.2, -0.15) is 0 Å². The van der Waals surface area contributed by atoms with E-state index in [4.69, 9.17) is 9.57 Å². The van der Waals surface area contributed by atoms with Crippen molar-refractivity contribution in [1.29, 1.82) is 0 Å². The Morgan fingerprint density at radius 3 is 1.91 bits per heavy atom. The third-order valence-electron chi connectivity index (χ3n) is 8.03. The van der Waals surface area contributed by atoms with Crippen molar-refractivity contribution < 1.29 is 24.3 Å². The summed E-state index contributed by atoms with van der Waals surface area (Å²) in [7, 11) is 0. The smallest absolute Gasteiger partial charge is 0.443 e. The van der Waals surface area contributed by atoms with Crippen molar-refractivity contribution in [3.8, 4) is 5.75 Å². The minimum Gasteiger partial charge on any atom is -0.507 e. The van der Waals surface area contributed by atoms with Gasteiger partial charge >= 0.3 is 12.1 Å². The first-order valence-electron chi connectivity index (χ1n) is 15.0. The molecular formula is C37H47NO5. The molecule has 3 aromatic rings. The summed E-state index contributed by atoms with van der Waals surface area (Å²) in [6.07, 6.45) is -0.364. The van der Waals surface area contributed by atoms with Gasteiger partial charge in [0.1, 0.15) is 16.8 Å². The van der Waals surface area contributed by atoms with Crippen LogP contribution in [-0.2, 0) is 31.6 Å². The molecule has 0 spiro atoms. The van der Waals surface area contributed by atoms with Gasteiger partial charge in [0.25, 0.3) is 0 Å². The molecule has 1 heterocycles. The molecule has 3 aromatic carbocycles. The summed E-state index contributed by atoms with van der Waals surface area (Å²) in [5.74, 6) is -0.722. The second-order valence-corrected chi connectivity index (χ2v) is 15.0. The van der Waals surface area contributed by atoms with Gasteiger partial charge in [0.15, 0.2) is 0 Å². The highest BCUT2D eigenvalue weighted by atomic mass is 16.8. The van der Waals surface area contributed by atoms with Gasteiger partial charge < -0.3 is 14.7 Å². The van der Waals surface area contributed by atoms with Gasteiger partial charge in [0.05, 0.1) is 6.54 Å². The van der Waals surface area contributed by atoms with Crippen molar-refractivity contribution in [3.63, 3.8) is 0 Å². The molecule has 6 heteroatoms. The number of aryl methyl sites for hydroxylation is 1. The van der Waals surface area contributed by atoms with Crippen LogP contribution in [0.25, 0.3) is 0 Å². The van der Waals surface area contributed by atoms with Gasteiger partial charge in [-0.25, -0.2) is 9.59 Å². The van der Waals surface area contributed by atoms with E-state index >= 15 is 0 Å². The molecule has 0 aliphatic carbocycles. The molecule has 0 bridgehead atoms. The molecule has 0 saturated carbocycles. The number of phenols is 1. The van der Waals surface area contributed by atoms with Crippen molar-refractivity contribution >= 4 is 12.1 Å². The van der Waals surface area contributed by atoms with Crippen LogP contribution in [0.15, 0.2) is 66.7 Å². The summed E-state index contributed by atoms with van der Waals surface area (Å²) in [4.78, 5) is 33.4. The molecular weight excluding hydrogens is 538 g/mol. The molecule has 43 heavy (non-hydrogen) atoms. The lowest BCUT2D eigenvalue weighted by Crippen LogP contribution is -2.42. The molecule has 1 N–H and O–H groups in total. The Hall–Kier alpha value is -3.80. The molecule has 1 amide bonds. The molecule has 1 fully saturated rings. The van der Waals surface area contributed by atoms with Crippen LogP contribution in [-0.4, -0.2) is 34.4 Å². The van der Waals surface area contributed by atoms with Crippen LogP contribution in [0.5, 0.6) is 5.75 Å². The summed E-state index contributed by atoms with van der Waals surface area (Å²) in [5.41, 5.74) is 2.80. The maximum Gasteiger partial charge on any atom is 0.443 e. The van der Waals surface area contributed by atoms with Crippen molar-refractivity contribution in [3.05, 3.63) is 100 Å². The minimum absolute atomic E-state index is 0.00473. The molecule has 0 radical (unpaired) electrons. The number of carbonyl (C=O) groups is 2. The van der Waals surface area contributed by atoms with Gasteiger partial charge in [-0.05, 0) is 72.8 Å². The summed E-state index contributed by atoms with van der Waals surface area (Å²) in [6, 6.07) is 22.1. The first-order valence-corrected chi connectivity index (χ1v) is 15.0. The van der Waals surface area contributed by atoms with Crippen LogP contribution >= 0.6 is 0 Å². The largest absolute Gasteiger partial charge is 0.507 e. The summed E-state index contributed by atoms with van der Waals surface area (Å²) in [5, 5.41) is 12.6. The molecule has 0 aromatic heterocycles. The number of amides is 1. The lowest BCUT2D eigenvalue weighted by atomic mass is 9.64. The van der Waals surface area contributed by atoms with Crippen LogP contribution in [0.4, 0.5) is 4.79 Å². The zero-order valence-corrected chi connectivity index (χ0v) is 27.4. The SMILES string of the molecule is Cc1ccc(C[C@]2([C@@H](c3ccccc3)c3cc(C(C)(C)C)c(O)c(C(C)(C)C)c3)CN(C(=O)OC(C)(C)C)OC2=O)cc1. The van der Waals surface area contributed by atoms with Gasteiger partial charge in [-0.15, -0.1) is 5.06 Å². The molecule has 4 rings (SSSR count). The number of ether oxygens (including phenoxy) is 1. The molecule has 0 unspecified atom stereocenters. The van der Waals surface area contributed by atoms with Crippen molar-refractivity contribution in [2.24, 2.45) is 5.41 Å². The van der Waals surface area contributed by atoms with Gasteiger partial charge in [-0.3, -0.25) is 0 Å². The van der Waals surface area contributed by atoms with E-state index in [0.29, 0.717) is 6.42 Å². The van der Waals surface area contributed by atoms with Gasteiger partial charge in [0.2, 0.25) is 0 Å². The third-order valence-corrected chi connectivity index (χ3v) is 8.03. The van der Waals surface area contributed by atoms with E-state index in [2.05, 4.69) is 41.5 Å². The number of phenolic OH excluding ortho intramolecular Hbond substituents is 1. The number of carbonyl (C=O) groups excluding carboxylic acids is 2. The Balaban J connectivity index is 2.02. The van der Waals surface area contributed by atoms with Gasteiger partial charge in [0, 0.05) is 5.92 Å². The maximum atomic E-state index is 14.3. The van der Waals surface area contributed by atoms with Crippen LogP contribution in [0.1, 0.15) is 102 Å². The first-order chi connectivity index (χ1) is 19.8. The van der Waals surface area contributed by atoms with E-state index in [-0.39, 0.29) is 23.1 Å². The van der Waals surface area contributed by atoms with Crippen LogP contribution in [0.3, 0.4) is 0 Å². The van der Waals surface area contributed by atoms with E-state index in [9.17, 15) is 14.7 Å². The Morgan fingerprint density at radius 1 is 0.884 bits per heavy atom. The van der Waals surface area contributed by atoms with E-state index < -0.39 is 29.0 Å². The molecule has 1 saturated heterocycles. The average molecular weight is 586 g/mol. The van der Waals surface area contributed by atoms with Crippen LogP contribution in [0.2, 0.25) is 0 Å². The van der Waals surface area contributed by atoms with Crippen LogP contribution in [0, 0.1) is 12.3 Å². The third kappa shape index (κ3) is 6.90. The topological polar surface area (TPSA) is 76.1 Å². The van der Waals surface area contributed by atoms with Crippen molar-refractivity contribution in [1.82, 2.24) is 5.06 Å². The van der Waals surface area contributed by atoms with E-state index in [1.54, 1.807) is 20.8 Å². The monoisotopic (exact) mass is 585 g/mol. The fraction of sp³-hybridized carbons (Fsp3) is 0.459. The molecule has 1 aliphatic heterocycles. The highest BCUT2D eigenvalue weighted by Crippen LogP contribution is 2.51. The number of hydrogen-bond donors (Lipinski definition) is 1. The predicted octanol–water partition coefficient (Wildman–Crippen LogP) is 8.37. The van der Waals surface area contributed by atoms with E-state index in [1.165, 1.54) is 0 Å². The van der Waals surface area contributed by atoms with Crippen molar-refractivity contribution in [2.45, 2.75) is 98.0 Å². The number of aromatic hydroxyl groups is 1. The van der Waals surface area contributed by atoms with Crippen molar-refractivity contribution in [2.75, 3.05) is 6.54 Å². The fourth-order valence-electron chi connectivity index (χ4n) is 5.91. The molecule has 1 aliphatic rings. The predicted molar refractivity (Wildman–Crippen MR) is 170 cm³/mol. The van der Waals surface area contributed by atoms with Crippen LogP contribution < -0.4 is 0 Å². The lowest BCUT2D eigenvalue weighted by Gasteiger charge is -2.37. The summed E-state index contributed by atoms with van der Waals surface area (Å²) < 4.78 is 5.64. The molecule has 6 nitrogen and oxygen atoms in total. The number of hydroxylamine groups is 2. The van der Waals surface area contributed by atoms with Gasteiger partial charge in [-0.1, -0.05) is 114 Å². The Kier molecular flexibility index (Phi) is 8.49. The summed E-state index contributed by atoms with van der Waals surface area (Å²) in [6.45, 7) is 19.8. The Bertz CT molecular complexity index is 1440. The number of nitrogens with zero attached hydrogens (tertiary/aromatic N) is 1. The van der Waals surface area contributed by atoms with E-state index in [1.807, 2.05) is 73.7 Å². The zero-order chi connectivity index (χ0) is 32.0.